The smallest absolute Gasteiger partial charge is 0.338 e. The summed E-state index contributed by atoms with van der Waals surface area (Å²) in [4.78, 5) is 31.4. The molecular weight excluding hydrogens is 443 g/mol. The van der Waals surface area contributed by atoms with Crippen molar-refractivity contribution in [2.45, 2.75) is 26.8 Å². The number of ether oxygens (including phenoxy) is 2. The highest BCUT2D eigenvalue weighted by atomic mass is 32.1. The van der Waals surface area contributed by atoms with E-state index >= 15 is 0 Å². The van der Waals surface area contributed by atoms with Crippen LogP contribution in [0.15, 0.2) is 63.5 Å². The summed E-state index contributed by atoms with van der Waals surface area (Å²) in [5.74, 6) is -0.232. The topological polar surface area (TPSA) is 69.9 Å². The molecule has 33 heavy (non-hydrogen) atoms. The van der Waals surface area contributed by atoms with Crippen molar-refractivity contribution < 1.29 is 18.7 Å². The number of benzene rings is 2. The van der Waals surface area contributed by atoms with Gasteiger partial charge in [0, 0.05) is 0 Å². The van der Waals surface area contributed by atoms with E-state index in [4.69, 9.17) is 9.47 Å². The lowest BCUT2D eigenvalue weighted by Crippen LogP contribution is -2.39. The summed E-state index contributed by atoms with van der Waals surface area (Å²) in [6.45, 7) is 5.56. The molecule has 0 unspecified atom stereocenters. The van der Waals surface area contributed by atoms with Crippen LogP contribution in [0.1, 0.15) is 36.6 Å². The Kier molecular flexibility index (Phi) is 6.29. The maximum absolute atomic E-state index is 13.6. The molecule has 2 aromatic carbocycles. The first-order valence-electron chi connectivity index (χ1n) is 10.4. The second-order valence-electron chi connectivity index (χ2n) is 7.58. The molecule has 0 fully saturated rings. The van der Waals surface area contributed by atoms with E-state index in [1.165, 1.54) is 28.0 Å². The second-order valence-corrected chi connectivity index (χ2v) is 8.59. The number of carbonyl (C=O) groups excluding carboxylic acids is 1. The fourth-order valence-electron chi connectivity index (χ4n) is 3.83. The molecule has 2 heterocycles. The number of thiazole rings is 1. The average Bonchev–Trinajstić information content (AvgIpc) is 3.09. The normalized spacial score (nSPS) is 15.8. The Balaban J connectivity index is 1.94. The summed E-state index contributed by atoms with van der Waals surface area (Å²) >= 11 is 1.23. The van der Waals surface area contributed by atoms with Crippen LogP contribution in [-0.4, -0.2) is 24.3 Å². The van der Waals surface area contributed by atoms with E-state index in [1.54, 1.807) is 39.2 Å². The maximum Gasteiger partial charge on any atom is 0.338 e. The van der Waals surface area contributed by atoms with E-state index in [9.17, 15) is 14.0 Å². The molecule has 1 aromatic heterocycles. The number of nitrogens with zero attached hydrogens (tertiary/aromatic N) is 2. The number of esters is 1. The molecule has 8 heteroatoms. The van der Waals surface area contributed by atoms with E-state index in [2.05, 4.69) is 4.99 Å². The lowest BCUT2D eigenvalue weighted by Gasteiger charge is -2.24. The molecule has 0 amide bonds. The molecule has 0 spiro atoms. The first kappa shape index (κ1) is 22.7. The minimum absolute atomic E-state index is 0.186. The quantitative estimate of drug-likeness (QED) is 0.542. The van der Waals surface area contributed by atoms with Crippen molar-refractivity contribution in [3.63, 3.8) is 0 Å². The van der Waals surface area contributed by atoms with Crippen molar-refractivity contribution in [1.29, 1.82) is 0 Å². The Hall–Kier alpha value is -3.52. The van der Waals surface area contributed by atoms with Gasteiger partial charge >= 0.3 is 5.97 Å². The van der Waals surface area contributed by atoms with Crippen molar-refractivity contribution in [1.82, 2.24) is 4.57 Å². The fraction of sp³-hybridized carbons (Fsp3) is 0.240. The Morgan fingerprint density at radius 3 is 2.61 bits per heavy atom. The Labute approximate surface area is 193 Å². The number of aromatic nitrogens is 1. The molecular formula is C25H23FN2O4S. The lowest BCUT2D eigenvalue weighted by atomic mass is 9.96. The van der Waals surface area contributed by atoms with E-state index in [1.807, 2.05) is 25.1 Å². The zero-order valence-corrected chi connectivity index (χ0v) is 19.5. The number of allylic oxidation sites excluding steroid dienone is 1. The predicted octanol–water partition coefficient (Wildman–Crippen LogP) is 3.25. The summed E-state index contributed by atoms with van der Waals surface area (Å²) in [5, 5.41) is 0. The van der Waals surface area contributed by atoms with Crippen LogP contribution in [0.5, 0.6) is 5.75 Å². The lowest BCUT2D eigenvalue weighted by molar-refractivity contribution is -0.139. The molecule has 4 rings (SSSR count). The van der Waals surface area contributed by atoms with Crippen molar-refractivity contribution in [3.05, 3.63) is 95.9 Å². The number of carbonyl (C=O) groups is 1. The van der Waals surface area contributed by atoms with Crippen LogP contribution in [0.3, 0.4) is 0 Å². The Bertz CT molecular complexity index is 1430. The van der Waals surface area contributed by atoms with Gasteiger partial charge < -0.3 is 9.47 Å². The van der Waals surface area contributed by atoms with Crippen molar-refractivity contribution in [2.75, 3.05) is 13.7 Å². The monoisotopic (exact) mass is 466 g/mol. The van der Waals surface area contributed by atoms with Crippen LogP contribution in [0.25, 0.3) is 6.08 Å². The SMILES string of the molecule is CCOC(=O)C1=C(C)N=c2s/c(=C\c3ccc(C)c(OC)c3)c(=O)n2[C@@H]1c1ccc(F)cc1. The largest absolute Gasteiger partial charge is 0.496 e. The first-order chi connectivity index (χ1) is 15.8. The number of hydrogen-bond acceptors (Lipinski definition) is 6. The summed E-state index contributed by atoms with van der Waals surface area (Å²) in [6.07, 6.45) is 1.77. The minimum atomic E-state index is -0.768. The van der Waals surface area contributed by atoms with Gasteiger partial charge in [-0.25, -0.2) is 14.2 Å². The summed E-state index contributed by atoms with van der Waals surface area (Å²) in [5.41, 5.74) is 2.83. The number of fused-ring (bicyclic) bond motifs is 1. The highest BCUT2D eigenvalue weighted by Crippen LogP contribution is 2.30. The molecule has 0 radical (unpaired) electrons. The van der Waals surface area contributed by atoms with Crippen LogP contribution in [0.4, 0.5) is 4.39 Å². The third-order valence-corrected chi connectivity index (χ3v) is 6.42. The third kappa shape index (κ3) is 4.26. The van der Waals surface area contributed by atoms with Gasteiger partial charge in [-0.05, 0) is 61.7 Å². The van der Waals surface area contributed by atoms with Gasteiger partial charge in [0.25, 0.3) is 5.56 Å². The van der Waals surface area contributed by atoms with Crippen LogP contribution in [0.2, 0.25) is 0 Å². The standard InChI is InChI=1S/C25H23FN2O4S/c1-5-32-24(30)21-15(3)27-25-28(22(21)17-8-10-18(26)11-9-17)23(29)20(33-25)13-16-7-6-14(2)19(12-16)31-4/h6-13,22H,5H2,1-4H3/b20-13-/t22-/m1/s1. The van der Waals surface area contributed by atoms with Gasteiger partial charge in [0.15, 0.2) is 4.80 Å². The predicted molar refractivity (Wildman–Crippen MR) is 125 cm³/mol. The molecule has 1 atom stereocenters. The van der Waals surface area contributed by atoms with Gasteiger partial charge in [-0.15, -0.1) is 0 Å². The number of halogens is 1. The Morgan fingerprint density at radius 1 is 1.21 bits per heavy atom. The molecule has 0 N–H and O–H groups in total. The zero-order valence-electron chi connectivity index (χ0n) is 18.7. The van der Waals surface area contributed by atoms with Crippen molar-refractivity contribution in [2.24, 2.45) is 4.99 Å². The van der Waals surface area contributed by atoms with E-state index < -0.39 is 17.8 Å². The van der Waals surface area contributed by atoms with Crippen molar-refractivity contribution >= 4 is 23.4 Å². The number of methoxy groups -OCH3 is 1. The summed E-state index contributed by atoms with van der Waals surface area (Å²) < 4.78 is 26.2. The number of aryl methyl sites for hydroxylation is 1. The van der Waals surface area contributed by atoms with Gasteiger partial charge in [-0.2, -0.15) is 0 Å². The zero-order chi connectivity index (χ0) is 23.7. The third-order valence-electron chi connectivity index (χ3n) is 5.43. The van der Waals surface area contributed by atoms with Gasteiger partial charge in [0.2, 0.25) is 0 Å². The van der Waals surface area contributed by atoms with Crippen LogP contribution in [-0.2, 0) is 9.53 Å². The van der Waals surface area contributed by atoms with Crippen LogP contribution in [0, 0.1) is 12.7 Å². The number of rotatable bonds is 5. The average molecular weight is 467 g/mol. The van der Waals surface area contributed by atoms with Crippen LogP contribution >= 0.6 is 11.3 Å². The second kappa shape index (κ2) is 9.15. The minimum Gasteiger partial charge on any atom is -0.496 e. The maximum atomic E-state index is 13.6. The summed E-state index contributed by atoms with van der Waals surface area (Å²) in [6, 6.07) is 10.7. The highest BCUT2D eigenvalue weighted by Gasteiger charge is 2.33. The van der Waals surface area contributed by atoms with Gasteiger partial charge in [0.1, 0.15) is 11.6 Å². The first-order valence-corrected chi connectivity index (χ1v) is 11.3. The van der Waals surface area contributed by atoms with E-state index in [0.717, 1.165) is 16.9 Å². The van der Waals surface area contributed by atoms with Gasteiger partial charge in [0.05, 0.1) is 35.6 Å². The van der Waals surface area contributed by atoms with Crippen LogP contribution < -0.4 is 19.6 Å². The molecule has 1 aliphatic heterocycles. The van der Waals surface area contributed by atoms with E-state index in [-0.39, 0.29) is 17.7 Å². The molecule has 6 nitrogen and oxygen atoms in total. The van der Waals surface area contributed by atoms with Gasteiger partial charge in [-0.1, -0.05) is 35.6 Å². The molecule has 0 saturated heterocycles. The summed E-state index contributed by atoms with van der Waals surface area (Å²) in [7, 11) is 1.60. The molecule has 0 bridgehead atoms. The highest BCUT2D eigenvalue weighted by molar-refractivity contribution is 7.07. The van der Waals surface area contributed by atoms with E-state index in [0.29, 0.717) is 20.6 Å². The molecule has 0 saturated carbocycles. The fourth-order valence-corrected chi connectivity index (χ4v) is 4.88. The molecule has 0 aliphatic carbocycles. The molecule has 3 aromatic rings. The van der Waals surface area contributed by atoms with Crippen molar-refractivity contribution in [3.8, 4) is 5.75 Å². The molecule has 170 valence electrons. The van der Waals surface area contributed by atoms with Gasteiger partial charge in [-0.3, -0.25) is 9.36 Å². The Morgan fingerprint density at radius 2 is 1.94 bits per heavy atom. The molecule has 1 aliphatic rings. The number of hydrogen-bond donors (Lipinski definition) is 0.